The number of hydrogen-bond donors (Lipinski definition) is 3. The van der Waals surface area contributed by atoms with Gasteiger partial charge in [-0.05, 0) is 50.3 Å². The van der Waals surface area contributed by atoms with Gasteiger partial charge in [-0.1, -0.05) is 18.9 Å². The minimum atomic E-state index is 0.368. The molecule has 26 heavy (non-hydrogen) atoms. The van der Waals surface area contributed by atoms with Crippen molar-refractivity contribution < 1.29 is 0 Å². The van der Waals surface area contributed by atoms with Crippen LogP contribution in [0.15, 0.2) is 40.7 Å². The van der Waals surface area contributed by atoms with Gasteiger partial charge in [-0.3, -0.25) is 0 Å². The molecule has 1 aromatic rings. The van der Waals surface area contributed by atoms with Crippen LogP contribution >= 0.6 is 0 Å². The minimum Gasteiger partial charge on any atom is -0.367 e. The summed E-state index contributed by atoms with van der Waals surface area (Å²) in [7, 11) is 0. The molecule has 0 aromatic carbocycles. The molecule has 3 aliphatic rings. The fraction of sp³-hybridized carbons (Fsp3) is 0.450. The van der Waals surface area contributed by atoms with Gasteiger partial charge in [0.05, 0.1) is 17.4 Å². The number of hydrogen-bond acceptors (Lipinski definition) is 4. The Morgan fingerprint density at radius 2 is 2.08 bits per heavy atom. The molecule has 6 heteroatoms. The topological polar surface area (TPSA) is 85.1 Å². The second-order valence-electron chi connectivity index (χ2n) is 7.20. The molecule has 0 atom stereocenters. The lowest BCUT2D eigenvalue weighted by molar-refractivity contribution is 0.696. The third-order valence-corrected chi connectivity index (χ3v) is 5.00. The molecular formula is C20H24N6. The molecule has 1 aromatic heterocycles. The smallest absolute Gasteiger partial charge is 0.200 e. The number of nitrogens with one attached hydrogen (secondary N) is 3. The summed E-state index contributed by atoms with van der Waals surface area (Å²) >= 11 is 0. The van der Waals surface area contributed by atoms with E-state index in [2.05, 4.69) is 27.0 Å². The summed E-state index contributed by atoms with van der Waals surface area (Å²) in [5.41, 5.74) is 2.96. The lowest BCUT2D eigenvalue weighted by atomic mass is 10.0. The molecule has 0 unspecified atom stereocenters. The Morgan fingerprint density at radius 1 is 1.27 bits per heavy atom. The lowest BCUT2D eigenvalue weighted by Crippen LogP contribution is -2.39. The number of pyridine rings is 1. The van der Waals surface area contributed by atoms with Gasteiger partial charge in [0.2, 0.25) is 0 Å². The van der Waals surface area contributed by atoms with E-state index >= 15 is 0 Å². The van der Waals surface area contributed by atoms with Crippen molar-refractivity contribution >= 4 is 17.4 Å². The van der Waals surface area contributed by atoms with Crippen LogP contribution in [0.25, 0.3) is 5.57 Å². The largest absolute Gasteiger partial charge is 0.367 e. The minimum absolute atomic E-state index is 0.368. The first-order valence-electron chi connectivity index (χ1n) is 9.40. The third-order valence-electron chi connectivity index (χ3n) is 5.00. The van der Waals surface area contributed by atoms with Gasteiger partial charge in [0.15, 0.2) is 5.96 Å². The van der Waals surface area contributed by atoms with Crippen LogP contribution in [-0.2, 0) is 0 Å². The summed E-state index contributed by atoms with van der Waals surface area (Å²) in [4.78, 5) is 9.41. The Hall–Kier alpha value is -2.81. The number of allylic oxidation sites excluding steroid dienone is 2. The highest BCUT2D eigenvalue weighted by Gasteiger charge is 2.23. The van der Waals surface area contributed by atoms with Crippen LogP contribution in [0.4, 0.5) is 5.82 Å². The van der Waals surface area contributed by atoms with Gasteiger partial charge in [-0.2, -0.15) is 5.26 Å². The van der Waals surface area contributed by atoms with Gasteiger partial charge in [0.25, 0.3) is 0 Å². The molecule has 2 fully saturated rings. The molecule has 0 bridgehead atoms. The Kier molecular flexibility index (Phi) is 4.61. The second-order valence-corrected chi connectivity index (χ2v) is 7.20. The molecule has 0 saturated heterocycles. The number of anilines is 1. The van der Waals surface area contributed by atoms with Crippen LogP contribution in [0, 0.1) is 11.3 Å². The van der Waals surface area contributed by atoms with Crippen LogP contribution in [0.5, 0.6) is 0 Å². The van der Waals surface area contributed by atoms with Gasteiger partial charge in [0.1, 0.15) is 17.5 Å². The van der Waals surface area contributed by atoms with E-state index < -0.39 is 0 Å². The second kappa shape index (κ2) is 7.20. The Labute approximate surface area is 154 Å². The van der Waals surface area contributed by atoms with Crippen LogP contribution in [-0.4, -0.2) is 23.0 Å². The summed E-state index contributed by atoms with van der Waals surface area (Å²) in [5, 5.41) is 19.7. The summed E-state index contributed by atoms with van der Waals surface area (Å²) < 4.78 is 0. The lowest BCUT2D eigenvalue weighted by Gasteiger charge is -2.22. The first-order valence-corrected chi connectivity index (χ1v) is 9.40. The highest BCUT2D eigenvalue weighted by Crippen LogP contribution is 2.26. The predicted molar refractivity (Wildman–Crippen MR) is 103 cm³/mol. The fourth-order valence-corrected chi connectivity index (χ4v) is 3.38. The molecule has 134 valence electrons. The number of nitrogens with zero attached hydrogens (tertiary/aromatic N) is 3. The Morgan fingerprint density at radius 3 is 2.81 bits per heavy atom. The van der Waals surface area contributed by atoms with Gasteiger partial charge < -0.3 is 16.0 Å². The zero-order valence-corrected chi connectivity index (χ0v) is 15.0. The maximum Gasteiger partial charge on any atom is 0.200 e. The van der Waals surface area contributed by atoms with Crippen molar-refractivity contribution in [2.24, 2.45) is 4.99 Å². The van der Waals surface area contributed by atoms with Crippen LogP contribution in [0.2, 0.25) is 0 Å². The normalized spacial score (nSPS) is 23.7. The zero-order valence-electron chi connectivity index (χ0n) is 15.0. The van der Waals surface area contributed by atoms with Crippen molar-refractivity contribution in [2.45, 2.75) is 57.5 Å². The standard InChI is InChI=1S/C20H24N6/c1-13-12-22-20(24-14-5-2-3-6-14)26-19(13)16(11-21)17-7-4-8-18(25-17)23-15-9-10-15/h4,7-8,12,14-15H,2-3,5-6,9-10H2,1H3,(H,23,25)(H2,22,24,26). The number of aromatic nitrogens is 1. The summed E-state index contributed by atoms with van der Waals surface area (Å²) in [6.45, 7) is 1.98. The van der Waals surface area contributed by atoms with Crippen molar-refractivity contribution in [1.29, 1.82) is 5.26 Å². The van der Waals surface area contributed by atoms with Crippen LogP contribution in [0.3, 0.4) is 0 Å². The molecule has 4 rings (SSSR count). The summed E-state index contributed by atoms with van der Waals surface area (Å²) in [6.07, 6.45) is 9.04. The van der Waals surface area contributed by atoms with E-state index in [1.807, 2.05) is 31.3 Å². The highest BCUT2D eigenvalue weighted by atomic mass is 15.2. The number of rotatable bonds is 4. The first-order chi connectivity index (χ1) is 12.7. The van der Waals surface area contributed by atoms with E-state index in [0.29, 0.717) is 23.4 Å². The van der Waals surface area contributed by atoms with Gasteiger partial charge in [-0.25, -0.2) is 9.98 Å². The zero-order chi connectivity index (χ0) is 17.9. The number of nitriles is 1. The van der Waals surface area contributed by atoms with Crippen LogP contribution in [0.1, 0.15) is 51.1 Å². The van der Waals surface area contributed by atoms with Gasteiger partial charge in [0, 0.05) is 12.2 Å². The van der Waals surface area contributed by atoms with Crippen molar-refractivity contribution in [3.63, 3.8) is 0 Å². The molecular weight excluding hydrogens is 324 g/mol. The number of aliphatic imine (C=N–C) groups is 1. The maximum absolute atomic E-state index is 9.81. The quantitative estimate of drug-likeness (QED) is 0.727. The average Bonchev–Trinajstić information content (AvgIpc) is 3.31. The van der Waals surface area contributed by atoms with E-state index in [4.69, 9.17) is 4.99 Å². The fourth-order valence-electron chi connectivity index (χ4n) is 3.38. The van der Waals surface area contributed by atoms with Crippen LogP contribution < -0.4 is 16.0 Å². The Bertz CT molecular complexity index is 819. The van der Waals surface area contributed by atoms with Gasteiger partial charge in [-0.15, -0.1) is 0 Å². The molecule has 2 heterocycles. The molecule has 2 saturated carbocycles. The summed E-state index contributed by atoms with van der Waals surface area (Å²) in [6, 6.07) is 9.01. The average molecular weight is 348 g/mol. The number of guanidine groups is 1. The van der Waals surface area contributed by atoms with E-state index in [1.54, 1.807) is 0 Å². The maximum atomic E-state index is 9.81. The highest BCUT2D eigenvalue weighted by molar-refractivity contribution is 5.91. The third kappa shape index (κ3) is 3.72. The molecule has 6 nitrogen and oxygen atoms in total. The van der Waals surface area contributed by atoms with E-state index in [0.717, 1.165) is 35.9 Å². The molecule has 1 aliphatic heterocycles. The molecule has 0 amide bonds. The van der Waals surface area contributed by atoms with E-state index in [9.17, 15) is 5.26 Å². The molecule has 0 spiro atoms. The first kappa shape index (κ1) is 16.6. The predicted octanol–water partition coefficient (Wildman–Crippen LogP) is 3.29. The van der Waals surface area contributed by atoms with Gasteiger partial charge >= 0.3 is 0 Å². The Balaban J connectivity index is 1.64. The molecule has 3 N–H and O–H groups in total. The monoisotopic (exact) mass is 348 g/mol. The van der Waals surface area contributed by atoms with Crippen molar-refractivity contribution in [1.82, 2.24) is 15.6 Å². The van der Waals surface area contributed by atoms with Crippen molar-refractivity contribution in [3.8, 4) is 6.07 Å². The van der Waals surface area contributed by atoms with Crippen molar-refractivity contribution in [3.05, 3.63) is 41.4 Å². The SMILES string of the molecule is CC1=CNC(=NC2CCCC2)NC1=C(C#N)c1cccc(NC2CC2)n1. The molecule has 2 aliphatic carbocycles. The van der Waals surface area contributed by atoms with E-state index in [1.165, 1.54) is 25.7 Å². The van der Waals surface area contributed by atoms with E-state index in [-0.39, 0.29) is 0 Å². The molecule has 0 radical (unpaired) electrons. The van der Waals surface area contributed by atoms with Crippen molar-refractivity contribution in [2.75, 3.05) is 5.32 Å². The summed E-state index contributed by atoms with van der Waals surface area (Å²) in [5.74, 6) is 1.55.